The van der Waals surface area contributed by atoms with Crippen molar-refractivity contribution in [2.45, 2.75) is 32.1 Å². The van der Waals surface area contributed by atoms with E-state index in [1.54, 1.807) is 36.7 Å². The van der Waals surface area contributed by atoms with Crippen LogP contribution in [0, 0.1) is 16.0 Å². The second kappa shape index (κ2) is 9.38. The molecule has 1 aliphatic carbocycles. The minimum Gasteiger partial charge on any atom is -0.489 e. The van der Waals surface area contributed by atoms with Gasteiger partial charge in [-0.05, 0) is 43.0 Å². The van der Waals surface area contributed by atoms with Crippen LogP contribution in [0.1, 0.15) is 42.5 Å². The number of nitrogens with zero attached hydrogens (tertiary/aromatic N) is 4. The third-order valence-corrected chi connectivity index (χ3v) is 5.37. The Kier molecular flexibility index (Phi) is 6.21. The van der Waals surface area contributed by atoms with Crippen molar-refractivity contribution in [2.75, 3.05) is 11.9 Å². The largest absolute Gasteiger partial charge is 0.489 e. The van der Waals surface area contributed by atoms with Gasteiger partial charge in [0.15, 0.2) is 11.6 Å². The summed E-state index contributed by atoms with van der Waals surface area (Å²) in [5.74, 6) is 1.09. The lowest BCUT2D eigenvalue weighted by molar-refractivity contribution is -0.384. The Morgan fingerprint density at radius 3 is 2.71 bits per heavy atom. The smallest absolute Gasteiger partial charge is 0.269 e. The van der Waals surface area contributed by atoms with Gasteiger partial charge in [-0.1, -0.05) is 19.3 Å². The Morgan fingerprint density at radius 2 is 1.97 bits per heavy atom. The van der Waals surface area contributed by atoms with Crippen molar-refractivity contribution in [3.05, 3.63) is 70.7 Å². The van der Waals surface area contributed by atoms with Crippen LogP contribution in [0.15, 0.2) is 55.0 Å². The van der Waals surface area contributed by atoms with Crippen LogP contribution in [-0.4, -0.2) is 32.2 Å². The minimum atomic E-state index is -0.466. The number of hydrogen-bond donors (Lipinski definition) is 1. The number of rotatable bonds is 7. The Labute approximate surface area is 179 Å². The van der Waals surface area contributed by atoms with E-state index in [2.05, 4.69) is 15.4 Å². The van der Waals surface area contributed by atoms with Crippen molar-refractivity contribution in [3.63, 3.8) is 0 Å². The quantitative estimate of drug-likeness (QED) is 0.447. The fourth-order valence-electron chi connectivity index (χ4n) is 3.65. The normalized spacial score (nSPS) is 14.2. The number of nitro benzene ring substituents is 1. The molecule has 4 rings (SSSR count). The molecule has 1 fully saturated rings. The minimum absolute atomic E-state index is 0.00946. The summed E-state index contributed by atoms with van der Waals surface area (Å²) in [7, 11) is 0. The molecule has 1 N–H and O–H groups in total. The number of non-ortho nitro benzene ring substituents is 1. The molecule has 1 aliphatic rings. The van der Waals surface area contributed by atoms with E-state index in [1.165, 1.54) is 55.1 Å². The molecule has 2 aromatic heterocycles. The molecule has 1 amide bonds. The Hall–Kier alpha value is -3.75. The van der Waals surface area contributed by atoms with Gasteiger partial charge in [0.2, 0.25) is 0 Å². The van der Waals surface area contributed by atoms with E-state index >= 15 is 0 Å². The third-order valence-electron chi connectivity index (χ3n) is 5.37. The van der Waals surface area contributed by atoms with Crippen LogP contribution in [0.2, 0.25) is 0 Å². The summed E-state index contributed by atoms with van der Waals surface area (Å²) in [6.07, 6.45) is 10.7. The maximum absolute atomic E-state index is 12.7. The van der Waals surface area contributed by atoms with E-state index in [-0.39, 0.29) is 11.6 Å². The molecule has 0 radical (unpaired) electrons. The number of pyridine rings is 1. The second-order valence-electron chi connectivity index (χ2n) is 7.57. The predicted molar refractivity (Wildman–Crippen MR) is 114 cm³/mol. The molecule has 31 heavy (non-hydrogen) atoms. The number of nitrogens with one attached hydrogen (secondary N) is 1. The highest BCUT2D eigenvalue weighted by Gasteiger charge is 2.17. The summed E-state index contributed by atoms with van der Waals surface area (Å²) < 4.78 is 7.45. The topological polar surface area (TPSA) is 112 Å². The van der Waals surface area contributed by atoms with Gasteiger partial charge < -0.3 is 10.1 Å². The van der Waals surface area contributed by atoms with E-state index in [0.29, 0.717) is 35.3 Å². The van der Waals surface area contributed by atoms with Gasteiger partial charge in [-0.2, -0.15) is 5.10 Å². The Morgan fingerprint density at radius 1 is 1.19 bits per heavy atom. The first-order valence-electron chi connectivity index (χ1n) is 10.3. The van der Waals surface area contributed by atoms with Gasteiger partial charge in [0.05, 0.1) is 29.0 Å². The molecule has 9 heteroatoms. The molecule has 0 bridgehead atoms. The van der Waals surface area contributed by atoms with Crippen LogP contribution in [0.5, 0.6) is 5.75 Å². The molecule has 1 aromatic carbocycles. The third kappa shape index (κ3) is 5.06. The first kappa shape index (κ1) is 20.5. The van der Waals surface area contributed by atoms with Crippen LogP contribution in [0.3, 0.4) is 0 Å². The molecule has 3 aromatic rings. The summed E-state index contributed by atoms with van der Waals surface area (Å²) in [5.41, 5.74) is 0.936. The molecule has 0 spiro atoms. The summed E-state index contributed by atoms with van der Waals surface area (Å²) in [4.78, 5) is 27.3. The lowest BCUT2D eigenvalue weighted by Crippen LogP contribution is -2.17. The van der Waals surface area contributed by atoms with Gasteiger partial charge >= 0.3 is 0 Å². The number of hydrogen-bond acceptors (Lipinski definition) is 6. The van der Waals surface area contributed by atoms with E-state index < -0.39 is 4.92 Å². The molecule has 160 valence electrons. The number of benzene rings is 1. The highest BCUT2D eigenvalue weighted by Crippen LogP contribution is 2.27. The number of nitro groups is 1. The molecule has 2 heterocycles. The Bertz CT molecular complexity index is 1060. The van der Waals surface area contributed by atoms with Crippen molar-refractivity contribution in [1.82, 2.24) is 14.8 Å². The highest BCUT2D eigenvalue weighted by atomic mass is 16.6. The van der Waals surface area contributed by atoms with Crippen molar-refractivity contribution in [2.24, 2.45) is 5.92 Å². The predicted octanol–water partition coefficient (Wildman–Crippen LogP) is 4.39. The molecule has 0 saturated heterocycles. The zero-order valence-corrected chi connectivity index (χ0v) is 16.9. The monoisotopic (exact) mass is 421 g/mol. The van der Waals surface area contributed by atoms with Gasteiger partial charge in [-0.3, -0.25) is 14.9 Å². The SMILES string of the molecule is O=C(Nc1ncccc1OCC1CCCCC1)c1cnn(-c2ccc([N+](=O)[O-])cc2)c1. The van der Waals surface area contributed by atoms with Crippen molar-refractivity contribution < 1.29 is 14.5 Å². The van der Waals surface area contributed by atoms with Crippen molar-refractivity contribution >= 4 is 17.4 Å². The lowest BCUT2D eigenvalue weighted by atomic mass is 9.90. The number of carbonyl (C=O) groups is 1. The van der Waals surface area contributed by atoms with Crippen molar-refractivity contribution in [1.29, 1.82) is 0 Å². The van der Waals surface area contributed by atoms with E-state index in [9.17, 15) is 14.9 Å². The van der Waals surface area contributed by atoms with Crippen LogP contribution in [0.25, 0.3) is 5.69 Å². The number of ether oxygens (including phenoxy) is 1. The average molecular weight is 421 g/mol. The van der Waals surface area contributed by atoms with E-state index in [4.69, 9.17) is 4.74 Å². The summed E-state index contributed by atoms with van der Waals surface area (Å²) >= 11 is 0. The fraction of sp³-hybridized carbons (Fsp3) is 0.318. The molecule has 0 aliphatic heterocycles. The van der Waals surface area contributed by atoms with E-state index in [1.807, 2.05) is 0 Å². The van der Waals surface area contributed by atoms with Gasteiger partial charge in [0.25, 0.3) is 11.6 Å². The van der Waals surface area contributed by atoms with Gasteiger partial charge in [-0.25, -0.2) is 9.67 Å². The summed E-state index contributed by atoms with van der Waals surface area (Å²) in [6, 6.07) is 9.50. The van der Waals surface area contributed by atoms with Gasteiger partial charge in [-0.15, -0.1) is 0 Å². The Balaban J connectivity index is 1.42. The summed E-state index contributed by atoms with van der Waals surface area (Å²) in [6.45, 7) is 0.618. The summed E-state index contributed by atoms with van der Waals surface area (Å²) in [5, 5.41) is 17.8. The maximum atomic E-state index is 12.7. The average Bonchev–Trinajstić information content (AvgIpc) is 3.30. The van der Waals surface area contributed by atoms with Gasteiger partial charge in [0.1, 0.15) is 0 Å². The first-order chi connectivity index (χ1) is 15.1. The molecule has 0 atom stereocenters. The second-order valence-corrected chi connectivity index (χ2v) is 7.57. The van der Waals surface area contributed by atoms with Crippen molar-refractivity contribution in [3.8, 4) is 11.4 Å². The highest BCUT2D eigenvalue weighted by molar-refractivity contribution is 6.04. The number of aromatic nitrogens is 3. The number of anilines is 1. The number of amides is 1. The van der Waals surface area contributed by atoms with Crippen LogP contribution in [-0.2, 0) is 0 Å². The molecule has 0 unspecified atom stereocenters. The van der Waals surface area contributed by atoms with Crippen LogP contribution in [0.4, 0.5) is 11.5 Å². The zero-order valence-electron chi connectivity index (χ0n) is 16.9. The molecular formula is C22H23N5O4. The van der Waals surface area contributed by atoms with Crippen LogP contribution >= 0.6 is 0 Å². The fourth-order valence-corrected chi connectivity index (χ4v) is 3.65. The molecule has 1 saturated carbocycles. The lowest BCUT2D eigenvalue weighted by Gasteiger charge is -2.22. The molecular weight excluding hydrogens is 398 g/mol. The zero-order chi connectivity index (χ0) is 21.6. The maximum Gasteiger partial charge on any atom is 0.269 e. The van der Waals surface area contributed by atoms with E-state index in [0.717, 1.165) is 0 Å². The van der Waals surface area contributed by atoms with Gasteiger partial charge in [0, 0.05) is 24.5 Å². The number of carbonyl (C=O) groups excluding carboxylic acids is 1. The van der Waals surface area contributed by atoms with Crippen LogP contribution < -0.4 is 10.1 Å². The first-order valence-corrected chi connectivity index (χ1v) is 10.3. The standard InChI is InChI=1S/C22H23N5O4/c28-22(17-13-24-26(14-17)18-8-10-19(11-9-18)27(29)30)25-21-20(7-4-12-23-21)31-15-16-5-2-1-3-6-16/h4,7-14,16H,1-3,5-6,15H2,(H,23,25,28). The molecule has 9 nitrogen and oxygen atoms in total.